The zero-order chi connectivity index (χ0) is 12.1. The first-order valence-electron chi connectivity index (χ1n) is 5.90. The van der Waals surface area contributed by atoms with E-state index in [9.17, 15) is 0 Å². The highest BCUT2D eigenvalue weighted by Crippen LogP contribution is 2.27. The summed E-state index contributed by atoms with van der Waals surface area (Å²) in [6.07, 6.45) is 3.25. The second-order valence-electron chi connectivity index (χ2n) is 3.99. The van der Waals surface area contributed by atoms with Crippen molar-refractivity contribution >= 4 is 22.7 Å². The molecule has 2 nitrogen and oxygen atoms in total. The lowest BCUT2D eigenvalue weighted by molar-refractivity contribution is 0.526. The average Bonchev–Trinajstić information content (AvgIpc) is 3.00. The van der Waals surface area contributed by atoms with Crippen LogP contribution in [0.3, 0.4) is 0 Å². The second kappa shape index (κ2) is 6.31. The summed E-state index contributed by atoms with van der Waals surface area (Å²) in [6, 6.07) is 8.97. The van der Waals surface area contributed by atoms with Gasteiger partial charge < -0.3 is 0 Å². The summed E-state index contributed by atoms with van der Waals surface area (Å²) >= 11 is 3.68. The van der Waals surface area contributed by atoms with Crippen LogP contribution in [0.25, 0.3) is 0 Å². The molecule has 1 unspecified atom stereocenters. The van der Waals surface area contributed by atoms with Crippen molar-refractivity contribution in [1.82, 2.24) is 5.43 Å². The van der Waals surface area contributed by atoms with Gasteiger partial charge in [0.15, 0.2) is 0 Å². The fourth-order valence-electron chi connectivity index (χ4n) is 1.82. The monoisotopic (exact) mass is 266 g/mol. The molecule has 17 heavy (non-hydrogen) atoms. The Balaban J connectivity index is 1.96. The van der Waals surface area contributed by atoms with Gasteiger partial charge in [-0.2, -0.15) is 0 Å². The second-order valence-corrected chi connectivity index (χ2v) is 6.23. The molecule has 2 aromatic rings. The summed E-state index contributed by atoms with van der Waals surface area (Å²) < 4.78 is 0. The van der Waals surface area contributed by atoms with E-state index < -0.39 is 0 Å². The predicted molar refractivity (Wildman–Crippen MR) is 76.4 cm³/mol. The Kier molecular flexibility index (Phi) is 4.74. The van der Waals surface area contributed by atoms with E-state index in [0.717, 1.165) is 19.3 Å². The van der Waals surface area contributed by atoms with E-state index in [1.54, 1.807) is 0 Å². The van der Waals surface area contributed by atoms with Crippen molar-refractivity contribution < 1.29 is 0 Å². The Hall–Kier alpha value is -0.680. The Bertz CT molecular complexity index is 434. The van der Waals surface area contributed by atoms with Gasteiger partial charge in [-0.1, -0.05) is 13.0 Å². The largest absolute Gasteiger partial charge is 0.271 e. The first-order valence-corrected chi connectivity index (χ1v) is 7.60. The van der Waals surface area contributed by atoms with Crippen molar-refractivity contribution in [2.75, 3.05) is 0 Å². The van der Waals surface area contributed by atoms with E-state index in [-0.39, 0.29) is 6.04 Å². The number of nitrogens with two attached hydrogens (primary N) is 1. The molecule has 3 N–H and O–H groups in total. The third kappa shape index (κ3) is 3.39. The maximum atomic E-state index is 5.66. The van der Waals surface area contributed by atoms with Crippen LogP contribution in [0.15, 0.2) is 29.6 Å². The summed E-state index contributed by atoms with van der Waals surface area (Å²) in [7, 11) is 0. The smallest absolute Gasteiger partial charge is 0.0556 e. The first kappa shape index (κ1) is 12.8. The number of aryl methyl sites for hydroxylation is 2. The summed E-state index contributed by atoms with van der Waals surface area (Å²) in [5.74, 6) is 5.66. The van der Waals surface area contributed by atoms with Gasteiger partial charge in [-0.15, -0.1) is 22.7 Å². The van der Waals surface area contributed by atoms with Crippen molar-refractivity contribution in [2.24, 2.45) is 5.84 Å². The van der Waals surface area contributed by atoms with Crippen LogP contribution in [0, 0.1) is 0 Å². The normalized spacial score (nSPS) is 12.8. The molecule has 0 bridgehead atoms. The molecule has 2 heterocycles. The Morgan fingerprint density at radius 2 is 2.18 bits per heavy atom. The topological polar surface area (TPSA) is 38.0 Å². The van der Waals surface area contributed by atoms with Gasteiger partial charge in [0.2, 0.25) is 0 Å². The Morgan fingerprint density at radius 3 is 2.76 bits per heavy atom. The molecule has 2 rings (SSSR count). The van der Waals surface area contributed by atoms with Crippen LogP contribution in [0.5, 0.6) is 0 Å². The molecule has 2 aromatic heterocycles. The maximum absolute atomic E-state index is 5.66. The van der Waals surface area contributed by atoms with Crippen molar-refractivity contribution in [1.29, 1.82) is 0 Å². The molecule has 0 amide bonds. The van der Waals surface area contributed by atoms with Gasteiger partial charge in [0, 0.05) is 14.6 Å². The van der Waals surface area contributed by atoms with Crippen LogP contribution in [0.2, 0.25) is 0 Å². The van der Waals surface area contributed by atoms with E-state index >= 15 is 0 Å². The Morgan fingerprint density at radius 1 is 1.29 bits per heavy atom. The molecule has 92 valence electrons. The third-order valence-corrected chi connectivity index (χ3v) is 5.11. The van der Waals surface area contributed by atoms with E-state index in [1.165, 1.54) is 14.6 Å². The molecule has 0 saturated heterocycles. The lowest BCUT2D eigenvalue weighted by Gasteiger charge is -2.13. The molecule has 0 aromatic carbocycles. The van der Waals surface area contributed by atoms with Gasteiger partial charge >= 0.3 is 0 Å². The van der Waals surface area contributed by atoms with Crippen LogP contribution in [0.1, 0.15) is 34.0 Å². The van der Waals surface area contributed by atoms with Crippen molar-refractivity contribution in [3.63, 3.8) is 0 Å². The van der Waals surface area contributed by atoms with E-state index in [0.29, 0.717) is 0 Å². The van der Waals surface area contributed by atoms with Gasteiger partial charge in [-0.25, -0.2) is 0 Å². The summed E-state index contributed by atoms with van der Waals surface area (Å²) in [5.41, 5.74) is 2.93. The highest BCUT2D eigenvalue weighted by molar-refractivity contribution is 7.12. The van der Waals surface area contributed by atoms with Crippen molar-refractivity contribution in [3.05, 3.63) is 44.3 Å². The number of hydrogen-bond donors (Lipinski definition) is 2. The first-order chi connectivity index (χ1) is 8.33. The minimum absolute atomic E-state index is 0.280. The third-order valence-electron chi connectivity index (χ3n) is 2.84. The van der Waals surface area contributed by atoms with Gasteiger partial charge in [0.05, 0.1) is 6.04 Å². The molecule has 4 heteroatoms. The summed E-state index contributed by atoms with van der Waals surface area (Å²) in [6.45, 7) is 2.19. The zero-order valence-corrected chi connectivity index (χ0v) is 11.6. The lowest BCUT2D eigenvalue weighted by atomic mass is 10.1. The number of nitrogens with one attached hydrogen (secondary N) is 1. The fourth-order valence-corrected chi connectivity index (χ4v) is 3.59. The molecule has 0 spiro atoms. The SMILES string of the molecule is CCc1ccc(C(CCc2cccs2)NN)s1. The number of thiophene rings is 2. The van der Waals surface area contributed by atoms with Gasteiger partial charge in [-0.3, -0.25) is 11.3 Å². The van der Waals surface area contributed by atoms with Gasteiger partial charge in [0.1, 0.15) is 0 Å². The molecule has 0 aliphatic carbocycles. The van der Waals surface area contributed by atoms with E-state index in [4.69, 9.17) is 5.84 Å². The lowest BCUT2D eigenvalue weighted by Crippen LogP contribution is -2.27. The number of rotatable bonds is 6. The maximum Gasteiger partial charge on any atom is 0.0556 e. The molecule has 1 atom stereocenters. The quantitative estimate of drug-likeness (QED) is 0.620. The standard InChI is InChI=1S/C13H18N2S2/c1-2-10-6-8-13(17-10)12(15-14)7-5-11-4-3-9-16-11/h3-4,6,8-9,12,15H,2,5,7,14H2,1H3. The Labute approximate surface area is 110 Å². The zero-order valence-electron chi connectivity index (χ0n) is 9.98. The van der Waals surface area contributed by atoms with Crippen LogP contribution in [-0.4, -0.2) is 0 Å². The van der Waals surface area contributed by atoms with Crippen LogP contribution in [-0.2, 0) is 12.8 Å². The minimum Gasteiger partial charge on any atom is -0.271 e. The molecule has 0 fully saturated rings. The molecule has 0 saturated carbocycles. The molecule has 0 aliphatic rings. The van der Waals surface area contributed by atoms with E-state index in [1.807, 2.05) is 22.7 Å². The molecule has 0 radical (unpaired) electrons. The average molecular weight is 266 g/mol. The van der Waals surface area contributed by atoms with Crippen LogP contribution >= 0.6 is 22.7 Å². The van der Waals surface area contributed by atoms with Gasteiger partial charge in [0.25, 0.3) is 0 Å². The summed E-state index contributed by atoms with van der Waals surface area (Å²) in [5, 5.41) is 2.13. The molecular weight excluding hydrogens is 248 g/mol. The minimum atomic E-state index is 0.280. The van der Waals surface area contributed by atoms with Crippen molar-refractivity contribution in [3.8, 4) is 0 Å². The van der Waals surface area contributed by atoms with E-state index in [2.05, 4.69) is 42.0 Å². The highest BCUT2D eigenvalue weighted by Gasteiger charge is 2.12. The van der Waals surface area contributed by atoms with Crippen molar-refractivity contribution in [2.45, 2.75) is 32.2 Å². The van der Waals surface area contributed by atoms with Crippen LogP contribution < -0.4 is 11.3 Å². The highest BCUT2D eigenvalue weighted by atomic mass is 32.1. The number of hydrogen-bond acceptors (Lipinski definition) is 4. The predicted octanol–water partition coefficient (Wildman–Crippen LogP) is 3.51. The fraction of sp³-hybridized carbons (Fsp3) is 0.385. The molecular formula is C13H18N2S2. The molecule has 0 aliphatic heterocycles. The van der Waals surface area contributed by atoms with Crippen LogP contribution in [0.4, 0.5) is 0 Å². The van der Waals surface area contributed by atoms with Gasteiger partial charge in [-0.05, 0) is 42.8 Å². The number of hydrazine groups is 1. The summed E-state index contributed by atoms with van der Waals surface area (Å²) in [4.78, 5) is 4.20.